The van der Waals surface area contributed by atoms with Gasteiger partial charge in [-0.1, -0.05) is 12.1 Å². The van der Waals surface area contributed by atoms with Gasteiger partial charge in [-0.3, -0.25) is 14.4 Å². The van der Waals surface area contributed by atoms with Gasteiger partial charge in [-0.25, -0.2) is 0 Å². The topological polar surface area (TPSA) is 84.5 Å². The average Bonchev–Trinajstić information content (AvgIpc) is 2.44. The van der Waals surface area contributed by atoms with E-state index in [1.54, 1.807) is 19.1 Å². The minimum absolute atomic E-state index is 0.0900. The van der Waals surface area contributed by atoms with E-state index in [0.717, 1.165) is 3.57 Å². The second kappa shape index (κ2) is 8.60. The van der Waals surface area contributed by atoms with Gasteiger partial charge in [0.25, 0.3) is 5.91 Å². The third-order valence-electron chi connectivity index (χ3n) is 2.64. The molecule has 0 heterocycles. The van der Waals surface area contributed by atoms with Crippen molar-refractivity contribution in [1.29, 1.82) is 0 Å². The summed E-state index contributed by atoms with van der Waals surface area (Å²) in [7, 11) is 1.29. The first-order chi connectivity index (χ1) is 9.93. The molecule has 0 aliphatic rings. The van der Waals surface area contributed by atoms with E-state index in [2.05, 4.69) is 38.0 Å². The van der Waals surface area contributed by atoms with Crippen LogP contribution >= 0.6 is 22.6 Å². The summed E-state index contributed by atoms with van der Waals surface area (Å²) in [6.07, 6.45) is 0.0900. The van der Waals surface area contributed by atoms with Crippen LogP contribution in [0.15, 0.2) is 24.3 Å². The molecule has 0 bridgehead atoms. The van der Waals surface area contributed by atoms with Crippen LogP contribution in [0.2, 0.25) is 0 Å². The smallest absolute Gasteiger partial charge is 0.307 e. The quantitative estimate of drug-likeness (QED) is 0.549. The van der Waals surface area contributed by atoms with Crippen LogP contribution in [0.3, 0.4) is 0 Å². The molecule has 7 heteroatoms. The molecule has 1 unspecified atom stereocenters. The van der Waals surface area contributed by atoms with Gasteiger partial charge in [-0.05, 0) is 41.6 Å². The largest absolute Gasteiger partial charge is 0.469 e. The number of carbonyl (C=O) groups excluding carboxylic acids is 3. The zero-order valence-corrected chi connectivity index (χ0v) is 14.0. The number of carbonyl (C=O) groups is 3. The number of methoxy groups -OCH3 is 1. The fourth-order valence-electron chi connectivity index (χ4n) is 1.61. The monoisotopic (exact) mass is 404 g/mol. The first-order valence-electron chi connectivity index (χ1n) is 6.33. The van der Waals surface area contributed by atoms with E-state index in [4.69, 9.17) is 0 Å². The maximum atomic E-state index is 11.9. The van der Waals surface area contributed by atoms with E-state index in [9.17, 15) is 14.4 Å². The normalized spacial score (nSPS) is 11.4. The summed E-state index contributed by atoms with van der Waals surface area (Å²) in [5.74, 6) is -1.06. The van der Waals surface area contributed by atoms with Gasteiger partial charge >= 0.3 is 5.97 Å². The lowest BCUT2D eigenvalue weighted by Crippen LogP contribution is -2.41. The first-order valence-corrected chi connectivity index (χ1v) is 7.40. The number of hydrogen-bond donors (Lipinski definition) is 2. The molecule has 6 nitrogen and oxygen atoms in total. The first kappa shape index (κ1) is 17.4. The molecule has 0 aliphatic heterocycles. The minimum Gasteiger partial charge on any atom is -0.469 e. The van der Waals surface area contributed by atoms with Crippen LogP contribution < -0.4 is 10.6 Å². The Morgan fingerprint density at radius 2 is 1.95 bits per heavy atom. The Morgan fingerprint density at radius 3 is 2.57 bits per heavy atom. The zero-order valence-electron chi connectivity index (χ0n) is 11.8. The van der Waals surface area contributed by atoms with E-state index in [0.29, 0.717) is 5.56 Å². The minimum atomic E-state index is -0.398. The van der Waals surface area contributed by atoms with Gasteiger partial charge in [-0.15, -0.1) is 0 Å². The van der Waals surface area contributed by atoms with Gasteiger partial charge in [0.15, 0.2) is 0 Å². The third-order valence-corrected chi connectivity index (χ3v) is 3.58. The van der Waals surface area contributed by atoms with E-state index in [1.807, 2.05) is 12.1 Å². The Balaban J connectivity index is 2.41. The van der Waals surface area contributed by atoms with Crippen LogP contribution in [-0.4, -0.2) is 37.5 Å². The van der Waals surface area contributed by atoms with Crippen LogP contribution in [-0.2, 0) is 14.3 Å². The summed E-state index contributed by atoms with van der Waals surface area (Å²) in [6, 6.07) is 6.75. The van der Waals surface area contributed by atoms with Crippen molar-refractivity contribution in [2.75, 3.05) is 13.7 Å². The second-order valence-electron chi connectivity index (χ2n) is 4.41. The predicted molar refractivity (Wildman–Crippen MR) is 85.7 cm³/mol. The molecule has 0 fully saturated rings. The number of amides is 2. The van der Waals surface area contributed by atoms with Crippen LogP contribution in [0.5, 0.6) is 0 Å². The lowest BCUT2D eigenvalue weighted by atomic mass is 10.2. The molecule has 2 amide bonds. The lowest BCUT2D eigenvalue weighted by molar-refractivity contribution is -0.141. The van der Waals surface area contributed by atoms with Crippen LogP contribution in [0.1, 0.15) is 23.7 Å². The van der Waals surface area contributed by atoms with Crippen LogP contribution in [0.4, 0.5) is 0 Å². The molecule has 2 N–H and O–H groups in total. The van der Waals surface area contributed by atoms with Gasteiger partial charge < -0.3 is 15.4 Å². The highest BCUT2D eigenvalue weighted by Gasteiger charge is 2.14. The summed E-state index contributed by atoms with van der Waals surface area (Å²) in [6.45, 7) is 1.55. The lowest BCUT2D eigenvalue weighted by Gasteiger charge is -2.13. The van der Waals surface area contributed by atoms with Crippen molar-refractivity contribution in [3.05, 3.63) is 33.4 Å². The summed E-state index contributed by atoms with van der Waals surface area (Å²) < 4.78 is 5.32. The summed E-state index contributed by atoms with van der Waals surface area (Å²) in [5.41, 5.74) is 0.522. The van der Waals surface area contributed by atoms with Crippen molar-refractivity contribution in [3.63, 3.8) is 0 Å². The molecule has 1 rings (SSSR count). The average molecular weight is 404 g/mol. The molecule has 1 aromatic carbocycles. The summed E-state index contributed by atoms with van der Waals surface area (Å²) in [5, 5.41) is 5.15. The molecule has 114 valence electrons. The van der Waals surface area contributed by atoms with Gasteiger partial charge in [0, 0.05) is 9.61 Å². The molecule has 1 aromatic rings. The highest BCUT2D eigenvalue weighted by atomic mass is 127. The van der Waals surface area contributed by atoms with E-state index >= 15 is 0 Å². The third kappa shape index (κ3) is 6.11. The molecule has 1 atom stereocenters. The number of ether oxygens (including phenoxy) is 1. The number of hydrogen-bond acceptors (Lipinski definition) is 4. The Labute approximate surface area is 136 Å². The number of benzene rings is 1. The zero-order chi connectivity index (χ0) is 15.8. The highest BCUT2D eigenvalue weighted by molar-refractivity contribution is 14.1. The molecule has 0 aliphatic carbocycles. The molecule has 0 spiro atoms. The Hall–Kier alpha value is -1.64. The number of halogens is 1. The van der Waals surface area contributed by atoms with Crippen molar-refractivity contribution in [3.8, 4) is 0 Å². The maximum Gasteiger partial charge on any atom is 0.307 e. The fraction of sp³-hybridized carbons (Fsp3) is 0.357. The van der Waals surface area contributed by atoms with Crippen LogP contribution in [0, 0.1) is 3.57 Å². The Morgan fingerprint density at radius 1 is 1.29 bits per heavy atom. The maximum absolute atomic E-state index is 11.9. The van der Waals surface area contributed by atoms with E-state index in [1.165, 1.54) is 7.11 Å². The predicted octanol–water partition coefficient (Wildman–Crippen LogP) is 1.09. The second-order valence-corrected chi connectivity index (χ2v) is 5.57. The van der Waals surface area contributed by atoms with Gasteiger partial charge in [0.05, 0.1) is 25.6 Å². The van der Waals surface area contributed by atoms with Gasteiger partial charge in [0.1, 0.15) is 0 Å². The SMILES string of the molecule is COC(=O)CC(C)NC(=O)CNC(=O)c1ccccc1I. The standard InChI is InChI=1S/C14H17IN2O4/c1-9(7-13(19)21-2)17-12(18)8-16-14(20)10-5-3-4-6-11(10)15/h3-6,9H,7-8H2,1-2H3,(H,16,20)(H,17,18). The highest BCUT2D eigenvalue weighted by Crippen LogP contribution is 2.10. The molecular weight excluding hydrogens is 387 g/mol. The van der Waals surface area contributed by atoms with E-state index in [-0.39, 0.29) is 30.8 Å². The van der Waals surface area contributed by atoms with Gasteiger partial charge in [-0.2, -0.15) is 0 Å². The number of rotatable bonds is 6. The molecule has 0 saturated heterocycles. The van der Waals surface area contributed by atoms with Crippen LogP contribution in [0.25, 0.3) is 0 Å². The van der Waals surface area contributed by atoms with Crippen molar-refractivity contribution >= 4 is 40.4 Å². The Bertz CT molecular complexity index is 533. The fourth-order valence-corrected chi connectivity index (χ4v) is 2.24. The molecular formula is C14H17IN2O4. The molecule has 0 aromatic heterocycles. The summed E-state index contributed by atoms with van der Waals surface area (Å²) >= 11 is 2.06. The molecule has 0 saturated carbocycles. The van der Waals surface area contributed by atoms with Crippen molar-refractivity contribution < 1.29 is 19.1 Å². The molecule has 21 heavy (non-hydrogen) atoms. The van der Waals surface area contributed by atoms with Crippen molar-refractivity contribution in [1.82, 2.24) is 10.6 Å². The molecule has 0 radical (unpaired) electrons. The Kier molecular flexibility index (Phi) is 7.13. The number of esters is 1. The van der Waals surface area contributed by atoms with E-state index < -0.39 is 5.97 Å². The number of nitrogens with one attached hydrogen (secondary N) is 2. The van der Waals surface area contributed by atoms with Crippen molar-refractivity contribution in [2.24, 2.45) is 0 Å². The van der Waals surface area contributed by atoms with Gasteiger partial charge in [0.2, 0.25) is 5.91 Å². The van der Waals surface area contributed by atoms with Crippen molar-refractivity contribution in [2.45, 2.75) is 19.4 Å². The summed E-state index contributed by atoms with van der Waals surface area (Å²) in [4.78, 5) is 34.6.